The molecule has 0 aliphatic carbocycles. The van der Waals surface area contributed by atoms with Crippen LogP contribution in [0.15, 0.2) is 54.6 Å². The fourth-order valence-electron chi connectivity index (χ4n) is 2.03. The normalized spacial score (nSPS) is 10.3. The fraction of sp³-hybridized carbons (Fsp3) is 0.111. The van der Waals surface area contributed by atoms with Crippen LogP contribution in [0, 0.1) is 0 Å². The average Bonchev–Trinajstić information content (AvgIpc) is 2.59. The summed E-state index contributed by atoms with van der Waals surface area (Å²) < 4.78 is 10.3. The first kappa shape index (κ1) is 16.3. The number of benzene rings is 2. The van der Waals surface area contributed by atoms with Gasteiger partial charge in [0.05, 0.1) is 14.2 Å². The van der Waals surface area contributed by atoms with Gasteiger partial charge in [-0.15, -0.1) is 0 Å². The first-order valence-corrected chi connectivity index (χ1v) is 6.95. The molecule has 2 rings (SSSR count). The molecule has 0 fully saturated rings. The summed E-state index contributed by atoms with van der Waals surface area (Å²) in [7, 11) is 2.89. The van der Waals surface area contributed by atoms with Crippen molar-refractivity contribution in [2.45, 2.75) is 0 Å². The summed E-state index contributed by atoms with van der Waals surface area (Å²) in [6.45, 7) is 0. The Morgan fingerprint density at radius 3 is 2.09 bits per heavy atom. The molecular formula is C18H17NO4. The fourth-order valence-corrected chi connectivity index (χ4v) is 2.03. The van der Waals surface area contributed by atoms with Crippen molar-refractivity contribution < 1.29 is 19.1 Å². The Labute approximate surface area is 134 Å². The number of carbonyl (C=O) groups is 2. The molecule has 0 aromatic heterocycles. The maximum Gasteiger partial charge on any atom is 0.265 e. The number of imide groups is 1. The van der Waals surface area contributed by atoms with Crippen LogP contribution in [-0.2, 0) is 4.79 Å². The van der Waals surface area contributed by atoms with E-state index in [1.165, 1.54) is 20.3 Å². The van der Waals surface area contributed by atoms with Crippen molar-refractivity contribution in [1.29, 1.82) is 0 Å². The number of methoxy groups -OCH3 is 2. The average molecular weight is 311 g/mol. The third kappa shape index (κ3) is 4.20. The Hall–Kier alpha value is -3.08. The van der Waals surface area contributed by atoms with Gasteiger partial charge in [0.2, 0.25) is 0 Å². The van der Waals surface area contributed by atoms with Gasteiger partial charge in [-0.3, -0.25) is 14.9 Å². The lowest BCUT2D eigenvalue weighted by molar-refractivity contribution is -0.115. The van der Waals surface area contributed by atoms with Gasteiger partial charge in [0.15, 0.2) is 0 Å². The third-order valence-electron chi connectivity index (χ3n) is 3.12. The van der Waals surface area contributed by atoms with Gasteiger partial charge in [-0.25, -0.2) is 0 Å². The van der Waals surface area contributed by atoms with Gasteiger partial charge in [-0.2, -0.15) is 0 Å². The highest BCUT2D eigenvalue weighted by Gasteiger charge is 2.19. The maximum absolute atomic E-state index is 12.3. The van der Waals surface area contributed by atoms with Crippen LogP contribution in [0.3, 0.4) is 0 Å². The maximum atomic E-state index is 12.3. The number of hydrogen-bond donors (Lipinski definition) is 1. The van der Waals surface area contributed by atoms with E-state index in [4.69, 9.17) is 9.47 Å². The second-order valence-corrected chi connectivity index (χ2v) is 4.60. The summed E-state index contributed by atoms with van der Waals surface area (Å²) in [5.74, 6) is -0.433. The molecule has 0 aliphatic rings. The van der Waals surface area contributed by atoms with E-state index in [0.717, 1.165) is 5.56 Å². The van der Waals surface area contributed by atoms with Crippen molar-refractivity contribution in [3.05, 3.63) is 65.7 Å². The molecule has 0 saturated carbocycles. The van der Waals surface area contributed by atoms with Crippen molar-refractivity contribution >= 4 is 17.9 Å². The molecule has 0 atom stereocenters. The Morgan fingerprint density at radius 2 is 1.52 bits per heavy atom. The largest absolute Gasteiger partial charge is 0.496 e. The predicted octanol–water partition coefficient (Wildman–Crippen LogP) is 2.67. The molecule has 5 heteroatoms. The number of amides is 2. The zero-order chi connectivity index (χ0) is 16.7. The number of carbonyl (C=O) groups excluding carboxylic acids is 2. The molecule has 2 aromatic rings. The molecule has 0 aliphatic heterocycles. The van der Waals surface area contributed by atoms with Gasteiger partial charge in [-0.05, 0) is 23.8 Å². The predicted molar refractivity (Wildman–Crippen MR) is 87.5 cm³/mol. The topological polar surface area (TPSA) is 64.6 Å². The third-order valence-corrected chi connectivity index (χ3v) is 3.12. The monoisotopic (exact) mass is 311 g/mol. The lowest BCUT2D eigenvalue weighted by Gasteiger charge is -2.11. The van der Waals surface area contributed by atoms with Gasteiger partial charge >= 0.3 is 0 Å². The van der Waals surface area contributed by atoms with Crippen LogP contribution in [0.5, 0.6) is 11.5 Å². The van der Waals surface area contributed by atoms with Crippen molar-refractivity contribution in [1.82, 2.24) is 5.32 Å². The first-order chi connectivity index (χ1) is 11.2. The van der Waals surface area contributed by atoms with Crippen LogP contribution in [0.25, 0.3) is 6.08 Å². The van der Waals surface area contributed by atoms with E-state index in [9.17, 15) is 9.59 Å². The van der Waals surface area contributed by atoms with Crippen molar-refractivity contribution in [2.24, 2.45) is 0 Å². The number of nitrogens with one attached hydrogen (secondary N) is 1. The standard InChI is InChI=1S/C18H17NO4/c1-22-14-9-6-10-15(23-2)17(14)18(21)19-16(20)12-11-13-7-4-3-5-8-13/h3-12H,1-2H3,(H,19,20,21)/b12-11+. The van der Waals surface area contributed by atoms with Crippen molar-refractivity contribution in [2.75, 3.05) is 14.2 Å². The number of hydrogen-bond acceptors (Lipinski definition) is 4. The summed E-state index contributed by atoms with van der Waals surface area (Å²) in [4.78, 5) is 24.2. The minimum absolute atomic E-state index is 0.180. The lowest BCUT2D eigenvalue weighted by atomic mass is 10.1. The summed E-state index contributed by atoms with van der Waals surface area (Å²) in [6.07, 6.45) is 2.93. The first-order valence-electron chi connectivity index (χ1n) is 6.95. The molecule has 0 heterocycles. The zero-order valence-electron chi connectivity index (χ0n) is 12.9. The zero-order valence-corrected chi connectivity index (χ0v) is 12.9. The Balaban J connectivity index is 2.13. The molecule has 5 nitrogen and oxygen atoms in total. The highest BCUT2D eigenvalue weighted by atomic mass is 16.5. The molecule has 0 unspecified atom stereocenters. The van der Waals surface area contributed by atoms with E-state index >= 15 is 0 Å². The van der Waals surface area contributed by atoms with Crippen LogP contribution in [0.2, 0.25) is 0 Å². The Kier molecular flexibility index (Phi) is 5.52. The summed E-state index contributed by atoms with van der Waals surface area (Å²) in [6, 6.07) is 14.3. The molecule has 0 spiro atoms. The molecule has 23 heavy (non-hydrogen) atoms. The molecule has 2 amide bonds. The van der Waals surface area contributed by atoms with E-state index in [1.54, 1.807) is 24.3 Å². The summed E-state index contributed by atoms with van der Waals surface area (Å²) >= 11 is 0. The number of rotatable bonds is 5. The summed E-state index contributed by atoms with van der Waals surface area (Å²) in [5, 5.41) is 2.29. The highest BCUT2D eigenvalue weighted by Crippen LogP contribution is 2.27. The Bertz CT molecular complexity index is 701. The minimum atomic E-state index is -0.581. The van der Waals surface area contributed by atoms with E-state index < -0.39 is 11.8 Å². The molecule has 118 valence electrons. The van der Waals surface area contributed by atoms with E-state index in [0.29, 0.717) is 11.5 Å². The lowest BCUT2D eigenvalue weighted by Crippen LogP contribution is -2.29. The van der Waals surface area contributed by atoms with Crippen LogP contribution >= 0.6 is 0 Å². The molecule has 2 aromatic carbocycles. The molecule has 1 N–H and O–H groups in total. The molecule has 0 bridgehead atoms. The van der Waals surface area contributed by atoms with Crippen molar-refractivity contribution in [3.8, 4) is 11.5 Å². The quantitative estimate of drug-likeness (QED) is 0.862. The van der Waals surface area contributed by atoms with E-state index in [-0.39, 0.29) is 5.56 Å². The van der Waals surface area contributed by atoms with Gasteiger partial charge in [0.1, 0.15) is 17.1 Å². The van der Waals surface area contributed by atoms with Crippen LogP contribution in [-0.4, -0.2) is 26.0 Å². The van der Waals surface area contributed by atoms with Gasteiger partial charge < -0.3 is 9.47 Å². The second kappa shape index (κ2) is 7.79. The van der Waals surface area contributed by atoms with Crippen LogP contribution < -0.4 is 14.8 Å². The highest BCUT2D eigenvalue weighted by molar-refractivity contribution is 6.11. The van der Waals surface area contributed by atoms with E-state index in [2.05, 4.69) is 5.32 Å². The molecular weight excluding hydrogens is 294 g/mol. The summed E-state index contributed by atoms with van der Waals surface area (Å²) in [5.41, 5.74) is 1.05. The van der Waals surface area contributed by atoms with Crippen LogP contribution in [0.1, 0.15) is 15.9 Å². The SMILES string of the molecule is COc1cccc(OC)c1C(=O)NC(=O)/C=C/c1ccccc1. The van der Waals surface area contributed by atoms with E-state index in [1.807, 2.05) is 30.3 Å². The number of ether oxygens (including phenoxy) is 2. The second-order valence-electron chi connectivity index (χ2n) is 4.60. The van der Waals surface area contributed by atoms with Gasteiger partial charge in [0.25, 0.3) is 11.8 Å². The minimum Gasteiger partial charge on any atom is -0.496 e. The Morgan fingerprint density at radius 1 is 0.913 bits per heavy atom. The molecule has 0 saturated heterocycles. The van der Waals surface area contributed by atoms with Gasteiger partial charge in [-0.1, -0.05) is 36.4 Å². The van der Waals surface area contributed by atoms with Crippen LogP contribution in [0.4, 0.5) is 0 Å². The molecule has 0 radical (unpaired) electrons. The smallest absolute Gasteiger partial charge is 0.265 e. The van der Waals surface area contributed by atoms with Crippen molar-refractivity contribution in [3.63, 3.8) is 0 Å². The van der Waals surface area contributed by atoms with Gasteiger partial charge in [0, 0.05) is 6.08 Å².